The van der Waals surface area contributed by atoms with Crippen LogP contribution in [0, 0.1) is 5.41 Å². The molecule has 0 aromatic heterocycles. The molecule has 0 aliphatic heterocycles. The quantitative estimate of drug-likeness (QED) is 0.271. The Hall–Kier alpha value is -3.33. The molecule has 0 spiro atoms. The van der Waals surface area contributed by atoms with Gasteiger partial charge in [-0.15, -0.1) is 0 Å². The van der Waals surface area contributed by atoms with Gasteiger partial charge >= 0.3 is 0 Å². The fourth-order valence-electron chi connectivity index (χ4n) is 4.45. The van der Waals surface area contributed by atoms with Crippen molar-refractivity contribution in [2.75, 3.05) is 5.32 Å². The van der Waals surface area contributed by atoms with Crippen LogP contribution in [0.2, 0.25) is 0 Å². The fourth-order valence-corrected chi connectivity index (χ4v) is 4.45. The lowest BCUT2D eigenvalue weighted by molar-refractivity contribution is -0.111. The molecule has 0 unspecified atom stereocenters. The van der Waals surface area contributed by atoms with E-state index in [0.29, 0.717) is 11.1 Å². The molecule has 0 saturated heterocycles. The summed E-state index contributed by atoms with van der Waals surface area (Å²) >= 11 is 0. The van der Waals surface area contributed by atoms with Gasteiger partial charge in [0.15, 0.2) is 0 Å². The number of carbonyl (C=O) groups is 1. The van der Waals surface area contributed by atoms with E-state index in [9.17, 15) is 9.90 Å². The summed E-state index contributed by atoms with van der Waals surface area (Å²) < 4.78 is 0. The molecule has 3 heteroatoms. The van der Waals surface area contributed by atoms with Crippen molar-refractivity contribution >= 4 is 22.4 Å². The number of hydrogen-bond acceptors (Lipinski definition) is 2. The zero-order chi connectivity index (χ0) is 24.0. The smallest absolute Gasteiger partial charge is 0.248 e. The molecule has 1 aliphatic rings. The average Bonchev–Trinajstić information content (AvgIpc) is 2.75. The van der Waals surface area contributed by atoms with Gasteiger partial charge in [0.05, 0.1) is 0 Å². The molecule has 33 heavy (non-hydrogen) atoms. The van der Waals surface area contributed by atoms with Crippen LogP contribution in [0.4, 0.5) is 5.69 Å². The molecule has 2 aromatic rings. The van der Waals surface area contributed by atoms with E-state index in [2.05, 4.69) is 51.2 Å². The third-order valence-electron chi connectivity index (χ3n) is 6.29. The molecule has 0 atom stereocenters. The summed E-state index contributed by atoms with van der Waals surface area (Å²) in [5.74, 6) is 0.00324. The van der Waals surface area contributed by atoms with Gasteiger partial charge in [-0.05, 0) is 68.7 Å². The fraction of sp³-hybridized carbons (Fsp3) is 0.300. The van der Waals surface area contributed by atoms with Crippen LogP contribution in [0.25, 0.3) is 10.8 Å². The largest absolute Gasteiger partial charge is 0.507 e. The van der Waals surface area contributed by atoms with E-state index >= 15 is 0 Å². The van der Waals surface area contributed by atoms with Gasteiger partial charge in [0, 0.05) is 22.5 Å². The van der Waals surface area contributed by atoms with E-state index in [-0.39, 0.29) is 17.1 Å². The molecule has 0 fully saturated rings. The normalized spacial score (nSPS) is 17.4. The van der Waals surface area contributed by atoms with Crippen molar-refractivity contribution in [1.82, 2.24) is 0 Å². The van der Waals surface area contributed by atoms with Crippen LogP contribution in [-0.4, -0.2) is 11.0 Å². The first kappa shape index (κ1) is 24.3. The molecule has 0 radical (unpaired) electrons. The Balaban J connectivity index is 1.65. The Labute approximate surface area is 197 Å². The van der Waals surface area contributed by atoms with Crippen molar-refractivity contribution < 1.29 is 9.90 Å². The number of allylic oxidation sites excluding steroid dienone is 9. The van der Waals surface area contributed by atoms with E-state index in [1.54, 1.807) is 18.2 Å². The van der Waals surface area contributed by atoms with Gasteiger partial charge in [-0.1, -0.05) is 79.6 Å². The molecule has 1 amide bonds. The van der Waals surface area contributed by atoms with Gasteiger partial charge in [-0.25, -0.2) is 0 Å². The number of phenolic OH excluding ortho intramolecular Hbond substituents is 1. The predicted molar refractivity (Wildman–Crippen MR) is 140 cm³/mol. The monoisotopic (exact) mass is 441 g/mol. The Morgan fingerprint density at radius 2 is 1.76 bits per heavy atom. The average molecular weight is 442 g/mol. The summed E-state index contributed by atoms with van der Waals surface area (Å²) in [5.41, 5.74) is 5.90. The number of nitrogens with one attached hydrogen (secondary N) is 1. The second-order valence-electron chi connectivity index (χ2n) is 9.59. The van der Waals surface area contributed by atoms with Gasteiger partial charge in [-0.2, -0.15) is 0 Å². The highest BCUT2D eigenvalue weighted by molar-refractivity contribution is 6.07. The number of fused-ring (bicyclic) bond motifs is 1. The number of aromatic hydroxyl groups is 1. The summed E-state index contributed by atoms with van der Waals surface area (Å²) in [6.07, 6.45) is 15.7. The number of phenols is 1. The van der Waals surface area contributed by atoms with Crippen molar-refractivity contribution in [2.45, 2.75) is 53.9 Å². The summed E-state index contributed by atoms with van der Waals surface area (Å²) in [7, 11) is 0. The molecular weight excluding hydrogens is 406 g/mol. The van der Waals surface area contributed by atoms with Crippen LogP contribution in [0.15, 0.2) is 95.1 Å². The van der Waals surface area contributed by atoms with Gasteiger partial charge < -0.3 is 10.4 Å². The van der Waals surface area contributed by atoms with E-state index in [4.69, 9.17) is 0 Å². The molecule has 3 nitrogen and oxygen atoms in total. The minimum absolute atomic E-state index is 0.199. The maximum absolute atomic E-state index is 12.5. The minimum Gasteiger partial charge on any atom is -0.507 e. The van der Waals surface area contributed by atoms with E-state index in [1.165, 1.54) is 36.0 Å². The molecule has 0 bridgehead atoms. The van der Waals surface area contributed by atoms with E-state index in [1.807, 2.05) is 43.3 Å². The summed E-state index contributed by atoms with van der Waals surface area (Å²) in [5, 5.41) is 14.5. The molecular formula is C30H35NO2. The van der Waals surface area contributed by atoms with Crippen LogP contribution < -0.4 is 5.32 Å². The van der Waals surface area contributed by atoms with Crippen LogP contribution in [0.1, 0.15) is 53.9 Å². The molecule has 3 rings (SSSR count). The highest BCUT2D eigenvalue weighted by atomic mass is 16.3. The number of amides is 1. The Kier molecular flexibility index (Phi) is 7.75. The lowest BCUT2D eigenvalue weighted by Gasteiger charge is -2.32. The maximum Gasteiger partial charge on any atom is 0.248 e. The van der Waals surface area contributed by atoms with Gasteiger partial charge in [0.2, 0.25) is 5.91 Å². The number of carbonyl (C=O) groups excluding carboxylic acids is 1. The lowest BCUT2D eigenvalue weighted by Crippen LogP contribution is -2.19. The number of anilines is 1. The van der Waals surface area contributed by atoms with E-state index < -0.39 is 0 Å². The number of hydrogen-bond donors (Lipinski definition) is 2. The standard InChI is InChI=1S/C30H35NO2/c1-21(15-16-26-23(3)12-9-19-30(26,4)5)10-8-11-22(2)20-29(33)31-27-17-18-28(32)25-14-7-6-13-24(25)27/h6-8,10-11,13-18,20,32H,9,12,19H2,1-5H3,(H,31,33). The first-order chi connectivity index (χ1) is 15.7. The Morgan fingerprint density at radius 3 is 2.48 bits per heavy atom. The van der Waals surface area contributed by atoms with Crippen LogP contribution in [0.5, 0.6) is 5.75 Å². The van der Waals surface area contributed by atoms with Gasteiger partial charge in [0.25, 0.3) is 0 Å². The molecule has 2 aromatic carbocycles. The molecule has 2 N–H and O–H groups in total. The highest BCUT2D eigenvalue weighted by Gasteiger charge is 2.26. The molecule has 1 aliphatic carbocycles. The molecule has 172 valence electrons. The first-order valence-electron chi connectivity index (χ1n) is 11.6. The summed E-state index contributed by atoms with van der Waals surface area (Å²) in [6, 6.07) is 10.8. The Bertz CT molecular complexity index is 1190. The summed E-state index contributed by atoms with van der Waals surface area (Å²) in [6.45, 7) is 10.9. The first-order valence-corrected chi connectivity index (χ1v) is 11.6. The van der Waals surface area contributed by atoms with Crippen molar-refractivity contribution in [3.63, 3.8) is 0 Å². The third kappa shape index (κ3) is 6.35. The second kappa shape index (κ2) is 10.5. The topological polar surface area (TPSA) is 49.3 Å². The Morgan fingerprint density at radius 1 is 1.03 bits per heavy atom. The maximum atomic E-state index is 12.5. The predicted octanol–water partition coefficient (Wildman–Crippen LogP) is 8.02. The second-order valence-corrected chi connectivity index (χ2v) is 9.59. The third-order valence-corrected chi connectivity index (χ3v) is 6.29. The van der Waals surface area contributed by atoms with Crippen molar-refractivity contribution in [1.29, 1.82) is 0 Å². The zero-order valence-corrected chi connectivity index (χ0v) is 20.4. The minimum atomic E-state index is -0.199. The molecule has 0 saturated carbocycles. The number of benzene rings is 2. The van der Waals surface area contributed by atoms with E-state index in [0.717, 1.165) is 11.0 Å². The van der Waals surface area contributed by atoms with Crippen LogP contribution >= 0.6 is 0 Å². The molecule has 0 heterocycles. The lowest BCUT2D eigenvalue weighted by atomic mass is 9.72. The van der Waals surface area contributed by atoms with Crippen molar-refractivity contribution in [3.8, 4) is 5.75 Å². The SMILES string of the molecule is CC(C=CC1=C(C)CCCC1(C)C)=CC=CC(C)=CC(=O)Nc1ccc(O)c2ccccc12. The van der Waals surface area contributed by atoms with Gasteiger partial charge in [0.1, 0.15) is 5.75 Å². The number of rotatable bonds is 6. The van der Waals surface area contributed by atoms with Crippen molar-refractivity contribution in [2.24, 2.45) is 5.41 Å². The van der Waals surface area contributed by atoms with Crippen molar-refractivity contribution in [3.05, 3.63) is 95.1 Å². The zero-order valence-electron chi connectivity index (χ0n) is 20.4. The van der Waals surface area contributed by atoms with Crippen LogP contribution in [-0.2, 0) is 4.79 Å². The van der Waals surface area contributed by atoms with Crippen LogP contribution in [0.3, 0.4) is 0 Å². The highest BCUT2D eigenvalue weighted by Crippen LogP contribution is 2.40. The van der Waals surface area contributed by atoms with Gasteiger partial charge in [-0.3, -0.25) is 4.79 Å². The summed E-state index contributed by atoms with van der Waals surface area (Å²) in [4.78, 5) is 12.5.